The van der Waals surface area contributed by atoms with E-state index in [0.717, 1.165) is 24.9 Å². The van der Waals surface area contributed by atoms with Gasteiger partial charge >= 0.3 is 12.1 Å². The number of aromatic nitrogens is 4. The Labute approximate surface area is 176 Å². The summed E-state index contributed by atoms with van der Waals surface area (Å²) >= 11 is 0. The molecule has 11 heteroatoms. The number of hydrogen-bond acceptors (Lipinski definition) is 6. The van der Waals surface area contributed by atoms with Crippen LogP contribution in [0.4, 0.5) is 19.0 Å². The molecular formula is C20H25F3N6O2. The highest BCUT2D eigenvalue weighted by Crippen LogP contribution is 2.32. The number of alkyl halides is 3. The van der Waals surface area contributed by atoms with Crippen LogP contribution in [0.15, 0.2) is 35.4 Å². The molecule has 8 nitrogen and oxygen atoms in total. The van der Waals surface area contributed by atoms with E-state index in [1.807, 2.05) is 7.05 Å². The lowest BCUT2D eigenvalue weighted by Gasteiger charge is -2.33. The second-order valence-corrected chi connectivity index (χ2v) is 7.09. The molecule has 0 radical (unpaired) electrons. The highest BCUT2D eigenvalue weighted by atomic mass is 19.4. The van der Waals surface area contributed by atoms with Gasteiger partial charge in [-0.25, -0.2) is 14.8 Å². The number of rotatable bonds is 4. The number of anilines is 1. The van der Waals surface area contributed by atoms with Gasteiger partial charge in [-0.05, 0) is 50.0 Å². The number of nitrogens with one attached hydrogen (secondary N) is 3. The summed E-state index contributed by atoms with van der Waals surface area (Å²) < 4.78 is 40.7. The molecule has 0 saturated carbocycles. The maximum absolute atomic E-state index is 12.3. The molecule has 0 spiro atoms. The molecule has 1 fully saturated rings. The molecule has 2 aromatic heterocycles. The lowest BCUT2D eigenvalue weighted by atomic mass is 9.89. The molecule has 0 aliphatic carbocycles. The molecule has 1 aliphatic rings. The van der Waals surface area contributed by atoms with E-state index in [9.17, 15) is 18.0 Å². The van der Waals surface area contributed by atoms with E-state index >= 15 is 0 Å². The number of imidazole rings is 1. The predicted molar refractivity (Wildman–Crippen MR) is 111 cm³/mol. The van der Waals surface area contributed by atoms with E-state index in [1.165, 1.54) is 18.5 Å². The zero-order chi connectivity index (χ0) is 22.4. The van der Waals surface area contributed by atoms with Crippen LogP contribution in [-0.4, -0.2) is 53.0 Å². The normalized spacial score (nSPS) is 14.9. The number of ether oxygens (including phenoxy) is 1. The minimum atomic E-state index is -4.69. The molecule has 1 aromatic carbocycles. The van der Waals surface area contributed by atoms with Crippen LogP contribution in [0.25, 0.3) is 11.2 Å². The highest BCUT2D eigenvalue weighted by molar-refractivity contribution is 5.82. The molecule has 0 atom stereocenters. The van der Waals surface area contributed by atoms with Crippen LogP contribution in [-0.2, 0) is 0 Å². The molecule has 1 aliphatic heterocycles. The Bertz CT molecular complexity index is 1020. The molecule has 3 aromatic rings. The molecule has 0 bridgehead atoms. The van der Waals surface area contributed by atoms with Crippen LogP contribution in [0, 0.1) is 0 Å². The lowest BCUT2D eigenvalue weighted by Crippen LogP contribution is -2.33. The van der Waals surface area contributed by atoms with Gasteiger partial charge in [-0.2, -0.15) is 0 Å². The lowest BCUT2D eigenvalue weighted by molar-refractivity contribution is -0.274. The maximum Gasteiger partial charge on any atom is 0.573 e. The van der Waals surface area contributed by atoms with Crippen molar-refractivity contribution in [3.8, 4) is 5.75 Å². The largest absolute Gasteiger partial charge is 0.573 e. The van der Waals surface area contributed by atoms with Crippen molar-refractivity contribution in [2.24, 2.45) is 0 Å². The average Bonchev–Trinajstić information content (AvgIpc) is 3.14. The van der Waals surface area contributed by atoms with Gasteiger partial charge in [-0.1, -0.05) is 19.1 Å². The average molecular weight is 438 g/mol. The maximum atomic E-state index is 12.3. The third-order valence-electron chi connectivity index (χ3n) is 5.03. The summed E-state index contributed by atoms with van der Waals surface area (Å²) in [5, 5.41) is 2.93. The SMILES string of the molecule is CCNC.O=c1[nH]c2ncnc(N3CCC(c4ccc(OC(F)(F)F)cc4)CC3)c2[nH]1. The zero-order valence-corrected chi connectivity index (χ0v) is 17.3. The Morgan fingerprint density at radius 2 is 1.81 bits per heavy atom. The second kappa shape index (κ2) is 9.82. The van der Waals surface area contributed by atoms with E-state index in [1.54, 1.807) is 12.1 Å². The van der Waals surface area contributed by atoms with Gasteiger partial charge in [0.25, 0.3) is 0 Å². The zero-order valence-electron chi connectivity index (χ0n) is 17.3. The van der Waals surface area contributed by atoms with E-state index in [0.29, 0.717) is 30.1 Å². The molecule has 3 N–H and O–H groups in total. The summed E-state index contributed by atoms with van der Waals surface area (Å²) in [6.45, 7) is 4.57. The first-order valence-corrected chi connectivity index (χ1v) is 9.99. The number of benzene rings is 1. The Morgan fingerprint density at radius 3 is 2.39 bits per heavy atom. The molecular weight excluding hydrogens is 413 g/mol. The predicted octanol–water partition coefficient (Wildman–Crippen LogP) is 3.15. The van der Waals surface area contributed by atoms with Crippen LogP contribution in [0.1, 0.15) is 31.2 Å². The Morgan fingerprint density at radius 1 is 1.16 bits per heavy atom. The first kappa shape index (κ1) is 22.6. The van der Waals surface area contributed by atoms with Crippen LogP contribution < -0.4 is 20.6 Å². The Hall–Kier alpha value is -3.08. The van der Waals surface area contributed by atoms with Gasteiger partial charge in [0.2, 0.25) is 0 Å². The number of fused-ring (bicyclic) bond motifs is 1. The van der Waals surface area contributed by atoms with Crippen LogP contribution in [0.3, 0.4) is 0 Å². The van der Waals surface area contributed by atoms with Crippen molar-refractivity contribution in [2.75, 3.05) is 31.6 Å². The quantitative estimate of drug-likeness (QED) is 0.579. The monoisotopic (exact) mass is 438 g/mol. The highest BCUT2D eigenvalue weighted by Gasteiger charge is 2.31. The van der Waals surface area contributed by atoms with Gasteiger partial charge in [0.15, 0.2) is 11.5 Å². The van der Waals surface area contributed by atoms with Crippen molar-refractivity contribution in [1.82, 2.24) is 25.3 Å². The standard InChI is InChI=1S/C17H16F3N5O2.C3H9N/c18-17(19,20)27-12-3-1-10(2-4-12)11-5-7-25(8-6-11)15-13-14(21-9-22-15)24-16(26)23-13;1-3-4-2/h1-4,9,11H,5-8H2,(H2,21,22,23,24,26);4H,3H2,1-2H3. The molecule has 1 saturated heterocycles. The number of aromatic amines is 2. The molecule has 3 heterocycles. The van der Waals surface area contributed by atoms with Gasteiger partial charge in [0.05, 0.1) is 0 Å². The minimum Gasteiger partial charge on any atom is -0.406 e. The van der Waals surface area contributed by atoms with Gasteiger partial charge in [-0.15, -0.1) is 13.2 Å². The van der Waals surface area contributed by atoms with Crippen molar-refractivity contribution in [3.05, 3.63) is 46.6 Å². The number of halogens is 3. The summed E-state index contributed by atoms with van der Waals surface area (Å²) in [7, 11) is 1.93. The Kier molecular flexibility index (Phi) is 7.16. The van der Waals surface area contributed by atoms with Crippen molar-refractivity contribution in [1.29, 1.82) is 0 Å². The summed E-state index contributed by atoms with van der Waals surface area (Å²) in [6, 6.07) is 6.03. The molecule has 0 amide bonds. The first-order chi connectivity index (χ1) is 14.8. The number of nitrogens with zero attached hydrogens (tertiary/aromatic N) is 3. The second-order valence-electron chi connectivity index (χ2n) is 7.09. The van der Waals surface area contributed by atoms with E-state index in [4.69, 9.17) is 0 Å². The third kappa shape index (κ3) is 5.97. The summed E-state index contributed by atoms with van der Waals surface area (Å²) in [4.78, 5) is 27.2. The fourth-order valence-corrected chi connectivity index (χ4v) is 3.44. The van der Waals surface area contributed by atoms with Gasteiger partial charge in [0, 0.05) is 13.1 Å². The topological polar surface area (TPSA) is 98.9 Å². The smallest absolute Gasteiger partial charge is 0.406 e. The fourth-order valence-electron chi connectivity index (χ4n) is 3.44. The Balaban J connectivity index is 0.000000628. The molecule has 4 rings (SSSR count). The van der Waals surface area contributed by atoms with E-state index in [-0.39, 0.29) is 17.4 Å². The number of H-pyrrole nitrogens is 2. The van der Waals surface area contributed by atoms with Gasteiger partial charge < -0.3 is 19.9 Å². The summed E-state index contributed by atoms with van der Waals surface area (Å²) in [5.41, 5.74) is 1.69. The van der Waals surface area contributed by atoms with Gasteiger partial charge in [0.1, 0.15) is 17.6 Å². The summed E-state index contributed by atoms with van der Waals surface area (Å²) in [6.07, 6.45) is -1.64. The van der Waals surface area contributed by atoms with Crippen LogP contribution in [0.2, 0.25) is 0 Å². The minimum absolute atomic E-state index is 0.219. The molecule has 0 unspecified atom stereocenters. The molecule has 168 valence electrons. The third-order valence-corrected chi connectivity index (χ3v) is 5.03. The van der Waals surface area contributed by atoms with Crippen molar-refractivity contribution in [3.63, 3.8) is 0 Å². The summed E-state index contributed by atoms with van der Waals surface area (Å²) in [5.74, 6) is 0.693. The van der Waals surface area contributed by atoms with Crippen molar-refractivity contribution in [2.45, 2.75) is 32.0 Å². The van der Waals surface area contributed by atoms with E-state index in [2.05, 4.69) is 41.8 Å². The number of piperidine rings is 1. The van der Waals surface area contributed by atoms with Crippen molar-refractivity contribution < 1.29 is 17.9 Å². The fraction of sp³-hybridized carbons (Fsp3) is 0.450. The van der Waals surface area contributed by atoms with E-state index < -0.39 is 6.36 Å². The van der Waals surface area contributed by atoms with Crippen LogP contribution in [0.5, 0.6) is 5.75 Å². The number of hydrogen-bond donors (Lipinski definition) is 3. The first-order valence-electron chi connectivity index (χ1n) is 9.99. The van der Waals surface area contributed by atoms with Gasteiger partial charge in [-0.3, -0.25) is 4.98 Å². The van der Waals surface area contributed by atoms with Crippen molar-refractivity contribution >= 4 is 17.0 Å². The molecule has 31 heavy (non-hydrogen) atoms. The van der Waals surface area contributed by atoms with Crippen LogP contribution >= 0.6 is 0 Å².